The van der Waals surface area contributed by atoms with Gasteiger partial charge in [0.1, 0.15) is 12.4 Å². The summed E-state index contributed by atoms with van der Waals surface area (Å²) in [5.74, 6) is 0.776. The van der Waals surface area contributed by atoms with Crippen molar-refractivity contribution in [3.63, 3.8) is 0 Å². The van der Waals surface area contributed by atoms with Crippen molar-refractivity contribution in [1.82, 2.24) is 0 Å². The standard InChI is InChI=1S/C17H17NO/c1-17(2,13-18)15-10-6-7-11-16(15)19-12-14-8-4-3-5-9-14/h3-11H,12H2,1-2H3. The maximum atomic E-state index is 9.25. The first-order valence-electron chi connectivity index (χ1n) is 6.31. The van der Waals surface area contributed by atoms with Crippen molar-refractivity contribution >= 4 is 0 Å². The molecule has 96 valence electrons. The third kappa shape index (κ3) is 3.14. The van der Waals surface area contributed by atoms with Gasteiger partial charge < -0.3 is 4.74 Å². The molecule has 0 aliphatic carbocycles. The molecule has 0 aliphatic heterocycles. The Kier molecular flexibility index (Phi) is 3.87. The van der Waals surface area contributed by atoms with Gasteiger partial charge in [-0.2, -0.15) is 5.26 Å². The lowest BCUT2D eigenvalue weighted by Crippen LogP contribution is -2.15. The smallest absolute Gasteiger partial charge is 0.124 e. The molecule has 0 aromatic heterocycles. The number of nitrogens with zero attached hydrogens (tertiary/aromatic N) is 1. The van der Waals surface area contributed by atoms with E-state index in [-0.39, 0.29) is 0 Å². The molecule has 2 rings (SSSR count). The first kappa shape index (κ1) is 13.2. The van der Waals surface area contributed by atoms with Crippen LogP contribution in [0.4, 0.5) is 0 Å². The average Bonchev–Trinajstić information content (AvgIpc) is 2.46. The summed E-state index contributed by atoms with van der Waals surface area (Å²) in [6.07, 6.45) is 0. The number of hydrogen-bond donors (Lipinski definition) is 0. The fourth-order valence-corrected chi connectivity index (χ4v) is 1.90. The molecule has 0 saturated heterocycles. The molecular weight excluding hydrogens is 234 g/mol. The highest BCUT2D eigenvalue weighted by Gasteiger charge is 2.23. The normalized spacial score (nSPS) is 10.8. The van der Waals surface area contributed by atoms with Gasteiger partial charge in [-0.1, -0.05) is 48.5 Å². The Morgan fingerprint density at radius 3 is 2.32 bits per heavy atom. The van der Waals surface area contributed by atoms with E-state index in [1.54, 1.807) is 0 Å². The van der Waals surface area contributed by atoms with E-state index in [4.69, 9.17) is 4.74 Å². The van der Waals surface area contributed by atoms with Crippen molar-refractivity contribution < 1.29 is 4.74 Å². The zero-order valence-electron chi connectivity index (χ0n) is 11.3. The van der Waals surface area contributed by atoms with E-state index in [2.05, 4.69) is 6.07 Å². The topological polar surface area (TPSA) is 33.0 Å². The third-order valence-corrected chi connectivity index (χ3v) is 3.08. The number of ether oxygens (including phenoxy) is 1. The fourth-order valence-electron chi connectivity index (χ4n) is 1.90. The molecule has 0 saturated carbocycles. The van der Waals surface area contributed by atoms with E-state index >= 15 is 0 Å². The molecule has 0 fully saturated rings. The van der Waals surface area contributed by atoms with Crippen molar-refractivity contribution in [3.8, 4) is 11.8 Å². The quantitative estimate of drug-likeness (QED) is 0.820. The highest BCUT2D eigenvalue weighted by Crippen LogP contribution is 2.31. The van der Waals surface area contributed by atoms with Gasteiger partial charge in [-0.3, -0.25) is 0 Å². The van der Waals surface area contributed by atoms with Crippen LogP contribution < -0.4 is 4.74 Å². The van der Waals surface area contributed by atoms with Crippen LogP contribution in [0.5, 0.6) is 5.75 Å². The summed E-state index contributed by atoms with van der Waals surface area (Å²) in [5.41, 5.74) is 1.49. The summed E-state index contributed by atoms with van der Waals surface area (Å²) < 4.78 is 5.86. The van der Waals surface area contributed by atoms with Gasteiger partial charge >= 0.3 is 0 Å². The van der Waals surface area contributed by atoms with Crippen molar-refractivity contribution in [2.75, 3.05) is 0 Å². The first-order chi connectivity index (χ1) is 9.13. The van der Waals surface area contributed by atoms with E-state index in [0.717, 1.165) is 16.9 Å². The van der Waals surface area contributed by atoms with Gasteiger partial charge in [-0.05, 0) is 25.5 Å². The molecule has 0 spiro atoms. The van der Waals surface area contributed by atoms with Gasteiger partial charge in [0.15, 0.2) is 0 Å². The molecule has 0 amide bonds. The molecule has 0 radical (unpaired) electrons. The minimum atomic E-state index is -0.548. The monoisotopic (exact) mass is 251 g/mol. The van der Waals surface area contributed by atoms with Gasteiger partial charge in [-0.15, -0.1) is 0 Å². The lowest BCUT2D eigenvalue weighted by atomic mass is 9.86. The van der Waals surface area contributed by atoms with Crippen molar-refractivity contribution in [2.24, 2.45) is 0 Å². The largest absolute Gasteiger partial charge is 0.489 e. The average molecular weight is 251 g/mol. The summed E-state index contributed by atoms with van der Waals surface area (Å²) in [6.45, 7) is 4.31. The van der Waals surface area contributed by atoms with E-state index in [0.29, 0.717) is 6.61 Å². The number of hydrogen-bond acceptors (Lipinski definition) is 2. The molecule has 0 N–H and O–H groups in total. The van der Waals surface area contributed by atoms with E-state index in [1.165, 1.54) is 0 Å². The molecule has 2 heteroatoms. The van der Waals surface area contributed by atoms with Crippen LogP contribution in [-0.2, 0) is 12.0 Å². The van der Waals surface area contributed by atoms with Crippen LogP contribution in [-0.4, -0.2) is 0 Å². The zero-order valence-corrected chi connectivity index (χ0v) is 11.3. The number of para-hydroxylation sites is 1. The fraction of sp³-hybridized carbons (Fsp3) is 0.235. The molecule has 2 aromatic rings. The van der Waals surface area contributed by atoms with Gasteiger partial charge in [0, 0.05) is 5.56 Å². The molecule has 0 heterocycles. The minimum Gasteiger partial charge on any atom is -0.489 e. The maximum Gasteiger partial charge on any atom is 0.124 e. The van der Waals surface area contributed by atoms with Gasteiger partial charge in [0.2, 0.25) is 0 Å². The Hall–Kier alpha value is -2.27. The second kappa shape index (κ2) is 5.58. The number of rotatable bonds is 4. The SMILES string of the molecule is CC(C)(C#N)c1ccccc1OCc1ccccc1. The van der Waals surface area contributed by atoms with Crippen molar-refractivity contribution in [2.45, 2.75) is 25.9 Å². The molecule has 2 nitrogen and oxygen atoms in total. The summed E-state index contributed by atoms with van der Waals surface area (Å²) in [4.78, 5) is 0. The van der Waals surface area contributed by atoms with Crippen LogP contribution in [0.15, 0.2) is 54.6 Å². The Morgan fingerprint density at radius 1 is 1.00 bits per heavy atom. The van der Waals surface area contributed by atoms with Crippen LogP contribution in [0, 0.1) is 11.3 Å². The Bertz CT molecular complexity index is 582. The highest BCUT2D eigenvalue weighted by molar-refractivity contribution is 5.42. The maximum absolute atomic E-state index is 9.25. The summed E-state index contributed by atoms with van der Waals surface area (Å²) in [6, 6.07) is 20.1. The molecule has 0 unspecified atom stereocenters. The van der Waals surface area contributed by atoms with Crippen LogP contribution in [0.1, 0.15) is 25.0 Å². The predicted octanol–water partition coefficient (Wildman–Crippen LogP) is 4.07. The first-order valence-corrected chi connectivity index (χ1v) is 6.31. The Balaban J connectivity index is 2.20. The minimum absolute atomic E-state index is 0.513. The molecule has 0 atom stereocenters. The molecule has 0 aliphatic rings. The number of nitriles is 1. The van der Waals surface area contributed by atoms with Crippen molar-refractivity contribution in [1.29, 1.82) is 5.26 Å². The second-order valence-electron chi connectivity index (χ2n) is 5.01. The van der Waals surface area contributed by atoms with Gasteiger partial charge in [0.05, 0.1) is 11.5 Å². The summed E-state index contributed by atoms with van der Waals surface area (Å²) in [7, 11) is 0. The zero-order chi connectivity index (χ0) is 13.7. The third-order valence-electron chi connectivity index (χ3n) is 3.08. The molecule has 0 bridgehead atoms. The number of benzene rings is 2. The second-order valence-corrected chi connectivity index (χ2v) is 5.01. The van der Waals surface area contributed by atoms with Crippen LogP contribution in [0.25, 0.3) is 0 Å². The predicted molar refractivity (Wildman–Crippen MR) is 75.9 cm³/mol. The summed E-state index contributed by atoms with van der Waals surface area (Å²) >= 11 is 0. The van der Waals surface area contributed by atoms with E-state index in [9.17, 15) is 5.26 Å². The van der Waals surface area contributed by atoms with Crippen LogP contribution >= 0.6 is 0 Å². The summed E-state index contributed by atoms with van der Waals surface area (Å²) in [5, 5.41) is 9.25. The van der Waals surface area contributed by atoms with Gasteiger partial charge in [-0.25, -0.2) is 0 Å². The molecule has 19 heavy (non-hydrogen) atoms. The van der Waals surface area contributed by atoms with Crippen LogP contribution in [0.3, 0.4) is 0 Å². The van der Waals surface area contributed by atoms with Crippen LogP contribution in [0.2, 0.25) is 0 Å². The Morgan fingerprint density at radius 2 is 1.63 bits per heavy atom. The van der Waals surface area contributed by atoms with Crippen molar-refractivity contribution in [3.05, 3.63) is 65.7 Å². The highest BCUT2D eigenvalue weighted by atomic mass is 16.5. The lowest BCUT2D eigenvalue weighted by molar-refractivity contribution is 0.299. The Labute approximate surface area is 114 Å². The van der Waals surface area contributed by atoms with E-state index < -0.39 is 5.41 Å². The van der Waals surface area contributed by atoms with Gasteiger partial charge in [0.25, 0.3) is 0 Å². The molecular formula is C17H17NO. The molecule has 2 aromatic carbocycles. The lowest BCUT2D eigenvalue weighted by Gasteiger charge is -2.20. The van der Waals surface area contributed by atoms with E-state index in [1.807, 2.05) is 68.4 Å².